The first-order valence-corrected chi connectivity index (χ1v) is 18.9. The fourth-order valence-corrected chi connectivity index (χ4v) is 7.07. The number of hydrogen-bond acceptors (Lipinski definition) is 2. The average Bonchev–Trinajstić information content (AvgIpc) is 3.17. The molecule has 2 nitrogen and oxygen atoms in total. The van der Waals surface area contributed by atoms with Gasteiger partial charge in [-0.25, -0.2) is 0 Å². The molecule has 7 aromatic rings. The number of hydrogen-bond donors (Lipinski definition) is 0. The van der Waals surface area contributed by atoms with E-state index in [0.29, 0.717) is 12.8 Å². The number of carbonyl (C=O) groups is 2. The first kappa shape index (κ1) is 34.8. The summed E-state index contributed by atoms with van der Waals surface area (Å²) in [5.41, 5.74) is 6.21. The summed E-state index contributed by atoms with van der Waals surface area (Å²) in [6.45, 7) is 4.32. The van der Waals surface area contributed by atoms with Crippen molar-refractivity contribution in [3.63, 3.8) is 0 Å². The lowest BCUT2D eigenvalue weighted by atomic mass is 9.98. The van der Waals surface area contributed by atoms with Crippen molar-refractivity contribution in [2.45, 2.75) is 65.2 Å². The molecule has 0 unspecified atom stereocenters. The van der Waals surface area contributed by atoms with Crippen molar-refractivity contribution in [1.82, 2.24) is 0 Å². The van der Waals surface area contributed by atoms with Gasteiger partial charge in [-0.05, 0) is 127 Å². The van der Waals surface area contributed by atoms with Gasteiger partial charge >= 0.3 is 0 Å². The van der Waals surface area contributed by atoms with Crippen molar-refractivity contribution < 1.29 is 9.59 Å². The largest absolute Gasteiger partial charge is 0.294 e. The second kappa shape index (κ2) is 16.2. The van der Waals surface area contributed by atoms with Crippen LogP contribution < -0.4 is 0 Å². The van der Waals surface area contributed by atoms with E-state index in [1.54, 1.807) is 0 Å². The van der Waals surface area contributed by atoms with E-state index in [2.05, 4.69) is 135 Å². The highest BCUT2D eigenvalue weighted by atomic mass is 16.1. The number of ketones is 2. The lowest BCUT2D eigenvalue weighted by Crippen LogP contribution is -1.98. The SMILES string of the molecule is CCCCCC(=O)c1ccc2cc(C=Cc3ccc4cc5cc(C=Cc6ccc7cc(C(=O)CCCCC)ccc7c6)ccc5cc4c3)ccc2c1. The van der Waals surface area contributed by atoms with Crippen LogP contribution in [-0.4, -0.2) is 11.6 Å². The Morgan fingerprint density at radius 1 is 0.365 bits per heavy atom. The van der Waals surface area contributed by atoms with Gasteiger partial charge in [0.15, 0.2) is 11.6 Å². The van der Waals surface area contributed by atoms with Crippen LogP contribution in [0.2, 0.25) is 0 Å². The average molecular weight is 679 g/mol. The van der Waals surface area contributed by atoms with E-state index in [4.69, 9.17) is 0 Å². The Balaban J connectivity index is 1.03. The topological polar surface area (TPSA) is 34.1 Å². The molecular formula is C50H46O2. The molecule has 7 aromatic carbocycles. The maximum absolute atomic E-state index is 12.6. The quantitative estimate of drug-likeness (QED) is 0.0496. The molecule has 0 saturated heterocycles. The fourth-order valence-electron chi connectivity index (χ4n) is 7.07. The van der Waals surface area contributed by atoms with Crippen LogP contribution in [0.5, 0.6) is 0 Å². The summed E-state index contributed by atoms with van der Waals surface area (Å²) in [7, 11) is 0. The van der Waals surface area contributed by atoms with Gasteiger partial charge in [-0.1, -0.05) is 137 Å². The minimum absolute atomic E-state index is 0.237. The van der Waals surface area contributed by atoms with Gasteiger partial charge in [-0.15, -0.1) is 0 Å². The van der Waals surface area contributed by atoms with Crippen LogP contribution in [0.3, 0.4) is 0 Å². The molecule has 0 radical (unpaired) electrons. The van der Waals surface area contributed by atoms with Crippen LogP contribution in [0.1, 0.15) is 108 Å². The normalized spacial score (nSPS) is 11.9. The highest BCUT2D eigenvalue weighted by Crippen LogP contribution is 2.28. The van der Waals surface area contributed by atoms with Crippen molar-refractivity contribution in [3.05, 3.63) is 155 Å². The molecule has 0 aromatic heterocycles. The molecule has 0 saturated carbocycles. The van der Waals surface area contributed by atoms with Gasteiger partial charge in [-0.3, -0.25) is 9.59 Å². The molecule has 2 heteroatoms. The molecule has 52 heavy (non-hydrogen) atoms. The molecule has 0 spiro atoms. The molecule has 0 fully saturated rings. The molecule has 0 heterocycles. The summed E-state index contributed by atoms with van der Waals surface area (Å²) in [6, 6.07) is 42.8. The Labute approximate surface area is 307 Å². The minimum atomic E-state index is 0.237. The molecule has 258 valence electrons. The number of carbonyl (C=O) groups excluding carboxylic acids is 2. The van der Waals surface area contributed by atoms with Crippen molar-refractivity contribution in [3.8, 4) is 0 Å². The monoisotopic (exact) mass is 678 g/mol. The summed E-state index contributed by atoms with van der Waals surface area (Å²) >= 11 is 0. The van der Waals surface area contributed by atoms with Crippen LogP contribution in [0, 0.1) is 0 Å². The van der Waals surface area contributed by atoms with Crippen LogP contribution in [-0.2, 0) is 0 Å². The van der Waals surface area contributed by atoms with E-state index in [0.717, 1.165) is 93.5 Å². The molecular weight excluding hydrogens is 633 g/mol. The third-order valence-corrected chi connectivity index (χ3v) is 10.2. The van der Waals surface area contributed by atoms with Gasteiger partial charge in [-0.2, -0.15) is 0 Å². The number of benzene rings is 7. The molecule has 0 bridgehead atoms. The second-order valence-corrected chi connectivity index (χ2v) is 14.1. The van der Waals surface area contributed by atoms with Crippen LogP contribution >= 0.6 is 0 Å². The zero-order valence-electron chi connectivity index (χ0n) is 30.3. The first-order chi connectivity index (χ1) is 25.4. The van der Waals surface area contributed by atoms with E-state index < -0.39 is 0 Å². The molecule has 0 N–H and O–H groups in total. The van der Waals surface area contributed by atoms with Crippen molar-refractivity contribution in [1.29, 1.82) is 0 Å². The van der Waals surface area contributed by atoms with E-state index in [1.165, 1.54) is 21.5 Å². The van der Waals surface area contributed by atoms with E-state index >= 15 is 0 Å². The standard InChI is InChI=1S/C50H46O2/c1-3-5-7-9-49(51)45-25-23-39-27-35(15-19-41(39)31-45)11-13-37-17-21-43-34-48-30-38(18-22-44(48)33-47(43)29-37)14-12-36-16-20-42-32-46(26-24-40(42)28-36)50(52)10-8-6-4-2/h11-34H,3-10H2,1-2H3. The highest BCUT2D eigenvalue weighted by molar-refractivity contribution is 6.02. The van der Waals surface area contributed by atoms with E-state index in [9.17, 15) is 9.59 Å². The Kier molecular flexibility index (Phi) is 10.8. The van der Waals surface area contributed by atoms with Crippen molar-refractivity contribution in [2.24, 2.45) is 0 Å². The Morgan fingerprint density at radius 2 is 0.673 bits per heavy atom. The first-order valence-electron chi connectivity index (χ1n) is 18.9. The number of rotatable bonds is 14. The minimum Gasteiger partial charge on any atom is -0.294 e. The summed E-state index contributed by atoms with van der Waals surface area (Å²) in [4.78, 5) is 25.2. The van der Waals surface area contributed by atoms with Gasteiger partial charge in [0.25, 0.3) is 0 Å². The number of Topliss-reactive ketones (excluding diaryl/α,β-unsaturated/α-hetero) is 2. The van der Waals surface area contributed by atoms with Crippen molar-refractivity contribution >= 4 is 79.0 Å². The van der Waals surface area contributed by atoms with Gasteiger partial charge < -0.3 is 0 Å². The third-order valence-electron chi connectivity index (χ3n) is 10.2. The van der Waals surface area contributed by atoms with Gasteiger partial charge in [0, 0.05) is 24.0 Å². The fraction of sp³-hybridized carbons (Fsp3) is 0.200. The Hall–Kier alpha value is -5.60. The predicted molar refractivity (Wildman–Crippen MR) is 224 cm³/mol. The van der Waals surface area contributed by atoms with Crippen LogP contribution in [0.25, 0.3) is 67.4 Å². The predicted octanol–water partition coefficient (Wildman–Crippen LogP) is 14.2. The second-order valence-electron chi connectivity index (χ2n) is 14.1. The van der Waals surface area contributed by atoms with E-state index in [1.807, 2.05) is 24.3 Å². The maximum atomic E-state index is 12.6. The lowest BCUT2D eigenvalue weighted by molar-refractivity contribution is 0.0971. The molecule has 0 amide bonds. The number of unbranched alkanes of at least 4 members (excludes halogenated alkanes) is 4. The van der Waals surface area contributed by atoms with Crippen molar-refractivity contribution in [2.75, 3.05) is 0 Å². The Bertz CT molecular complexity index is 2300. The zero-order chi connectivity index (χ0) is 35.9. The highest BCUT2D eigenvalue weighted by Gasteiger charge is 2.08. The van der Waals surface area contributed by atoms with Crippen LogP contribution in [0.15, 0.2) is 121 Å². The molecule has 0 aliphatic heterocycles. The number of fused-ring (bicyclic) bond motifs is 4. The molecule has 0 atom stereocenters. The zero-order valence-corrected chi connectivity index (χ0v) is 30.3. The summed E-state index contributed by atoms with van der Waals surface area (Å²) < 4.78 is 0. The summed E-state index contributed by atoms with van der Waals surface area (Å²) in [5, 5.41) is 9.36. The lowest BCUT2D eigenvalue weighted by Gasteiger charge is -2.06. The van der Waals surface area contributed by atoms with Crippen LogP contribution in [0.4, 0.5) is 0 Å². The van der Waals surface area contributed by atoms with Gasteiger partial charge in [0.2, 0.25) is 0 Å². The van der Waals surface area contributed by atoms with Gasteiger partial charge in [0.1, 0.15) is 0 Å². The Morgan fingerprint density at radius 3 is 1.04 bits per heavy atom. The molecule has 0 aliphatic rings. The summed E-state index contributed by atoms with van der Waals surface area (Å²) in [6.07, 6.45) is 16.3. The third kappa shape index (κ3) is 8.30. The maximum Gasteiger partial charge on any atom is 0.162 e. The molecule has 0 aliphatic carbocycles. The van der Waals surface area contributed by atoms with Gasteiger partial charge in [0.05, 0.1) is 0 Å². The summed E-state index contributed by atoms with van der Waals surface area (Å²) in [5.74, 6) is 0.474. The smallest absolute Gasteiger partial charge is 0.162 e. The molecule has 7 rings (SSSR count). The van der Waals surface area contributed by atoms with E-state index in [-0.39, 0.29) is 11.6 Å².